The predicted octanol–water partition coefficient (Wildman–Crippen LogP) is 3.38. The van der Waals surface area contributed by atoms with E-state index in [1.165, 1.54) is 6.08 Å². The minimum atomic E-state index is -2.51. The summed E-state index contributed by atoms with van der Waals surface area (Å²) in [5.41, 5.74) is 0. The molecule has 14 heavy (non-hydrogen) atoms. The van der Waals surface area contributed by atoms with E-state index in [1.807, 2.05) is 0 Å². The lowest BCUT2D eigenvalue weighted by Gasteiger charge is -2.21. The van der Waals surface area contributed by atoms with Gasteiger partial charge in [0.15, 0.2) is 0 Å². The highest BCUT2D eigenvalue weighted by Gasteiger charge is 2.34. The van der Waals surface area contributed by atoms with E-state index in [1.54, 1.807) is 30.3 Å². The highest BCUT2D eigenvalue weighted by Crippen LogP contribution is 2.60. The maximum atomic E-state index is 10.9. The van der Waals surface area contributed by atoms with Gasteiger partial charge in [0.2, 0.25) is 0 Å². The van der Waals surface area contributed by atoms with Crippen LogP contribution in [0.5, 0.6) is 0 Å². The summed E-state index contributed by atoms with van der Waals surface area (Å²) in [6, 6.07) is 8.63. The fourth-order valence-corrected chi connectivity index (χ4v) is 2.98. The van der Waals surface area contributed by atoms with Crippen molar-refractivity contribution in [2.45, 2.75) is 4.90 Å². The molecule has 0 aromatic heterocycles. The van der Waals surface area contributed by atoms with E-state index in [0.29, 0.717) is 4.90 Å². The van der Waals surface area contributed by atoms with Crippen LogP contribution in [-0.2, 0) is 0 Å². The van der Waals surface area contributed by atoms with Crippen molar-refractivity contribution < 1.29 is 4.33 Å². The van der Waals surface area contributed by atoms with Crippen molar-refractivity contribution in [3.05, 3.63) is 53.1 Å². The monoisotopic (exact) mass is 231 g/mol. The van der Waals surface area contributed by atoms with Crippen LogP contribution in [0.4, 0.5) is 0 Å². The Morgan fingerprint density at radius 3 is 2.50 bits per heavy atom. The van der Waals surface area contributed by atoms with Gasteiger partial charge in [-0.2, -0.15) is 0 Å². The average molecular weight is 232 g/mol. The SMILES string of the molecule is C=CCS(Cl)(c1ccccc1)[N+](=O)[O-]. The van der Waals surface area contributed by atoms with Gasteiger partial charge in [-0.25, -0.2) is 0 Å². The first kappa shape index (κ1) is 11.1. The molecule has 0 aliphatic carbocycles. The van der Waals surface area contributed by atoms with Crippen molar-refractivity contribution in [2.75, 3.05) is 5.75 Å². The summed E-state index contributed by atoms with van der Waals surface area (Å²) in [6.45, 7) is 3.49. The number of benzene rings is 1. The number of rotatable bonds is 4. The quantitative estimate of drug-likeness (QED) is 0.453. The highest BCUT2D eigenvalue weighted by molar-refractivity contribution is 8.46. The molecule has 5 heteroatoms. The van der Waals surface area contributed by atoms with Gasteiger partial charge in [0, 0.05) is 10.7 Å². The maximum Gasteiger partial charge on any atom is 0.135 e. The lowest BCUT2D eigenvalue weighted by molar-refractivity contribution is -0.293. The third kappa shape index (κ3) is 2.08. The summed E-state index contributed by atoms with van der Waals surface area (Å²) >= 11 is 0. The molecule has 0 aliphatic heterocycles. The Morgan fingerprint density at radius 2 is 2.07 bits per heavy atom. The van der Waals surface area contributed by atoms with Crippen LogP contribution >= 0.6 is 20.1 Å². The standard InChI is InChI=1S/C9H10ClNO2S/c1-2-8-14(10,11(12)13)9-6-4-3-5-7-9/h2-7H,1,8H2. The normalized spacial score (nSPS) is 16.6. The second-order valence-electron chi connectivity index (χ2n) is 2.61. The Balaban J connectivity index is 3.12. The molecule has 1 aromatic carbocycles. The minimum Gasteiger partial charge on any atom is -0.251 e. The molecule has 3 nitrogen and oxygen atoms in total. The molecule has 1 aromatic rings. The van der Waals surface area contributed by atoms with E-state index in [9.17, 15) is 10.1 Å². The van der Waals surface area contributed by atoms with Crippen LogP contribution in [0.2, 0.25) is 0 Å². The van der Waals surface area contributed by atoms with Gasteiger partial charge in [0.1, 0.15) is 9.43 Å². The summed E-state index contributed by atoms with van der Waals surface area (Å²) in [4.78, 5) is 11.4. The van der Waals surface area contributed by atoms with Gasteiger partial charge in [-0.1, -0.05) is 24.3 Å². The predicted molar refractivity (Wildman–Crippen MR) is 60.2 cm³/mol. The lowest BCUT2D eigenvalue weighted by atomic mass is 10.4. The molecule has 0 saturated carbocycles. The van der Waals surface area contributed by atoms with Crippen LogP contribution < -0.4 is 0 Å². The Hall–Kier alpha value is -1.00. The second-order valence-corrected chi connectivity index (χ2v) is 6.49. The molecule has 0 aliphatic rings. The fourth-order valence-electron chi connectivity index (χ4n) is 1.03. The number of hydrogen-bond acceptors (Lipinski definition) is 2. The molecular formula is C9H10ClNO2S. The zero-order valence-electron chi connectivity index (χ0n) is 7.43. The van der Waals surface area contributed by atoms with Crippen LogP contribution in [0.3, 0.4) is 0 Å². The Labute approximate surface area is 88.5 Å². The third-order valence-electron chi connectivity index (χ3n) is 1.68. The summed E-state index contributed by atoms with van der Waals surface area (Å²) in [6.07, 6.45) is 1.48. The fraction of sp³-hybridized carbons (Fsp3) is 0.111. The summed E-state index contributed by atoms with van der Waals surface area (Å²) in [5, 5.41) is 10.9. The summed E-state index contributed by atoms with van der Waals surface area (Å²) in [7, 11) is 3.50. The van der Waals surface area contributed by atoms with Gasteiger partial charge < -0.3 is 0 Å². The molecule has 0 heterocycles. The number of nitro groups is 1. The molecule has 1 atom stereocenters. The molecule has 1 rings (SSSR count). The van der Waals surface area contributed by atoms with Gasteiger partial charge in [0.05, 0.1) is 15.0 Å². The molecule has 1 unspecified atom stereocenters. The van der Waals surface area contributed by atoms with Crippen molar-refractivity contribution in [3.63, 3.8) is 0 Å². The first-order valence-electron chi connectivity index (χ1n) is 3.92. The topological polar surface area (TPSA) is 43.1 Å². The zero-order valence-corrected chi connectivity index (χ0v) is 9.00. The van der Waals surface area contributed by atoms with Crippen LogP contribution in [-0.4, -0.2) is 10.1 Å². The smallest absolute Gasteiger partial charge is 0.135 e. The van der Waals surface area contributed by atoms with Crippen LogP contribution in [0.25, 0.3) is 0 Å². The van der Waals surface area contributed by atoms with Gasteiger partial charge in [-0.15, -0.1) is 6.58 Å². The lowest BCUT2D eigenvalue weighted by Crippen LogP contribution is -2.07. The van der Waals surface area contributed by atoms with E-state index in [0.717, 1.165) is 0 Å². The molecular weight excluding hydrogens is 222 g/mol. The molecule has 76 valence electrons. The van der Waals surface area contributed by atoms with E-state index >= 15 is 0 Å². The minimum absolute atomic E-state index is 0.186. The van der Waals surface area contributed by atoms with E-state index < -0.39 is 13.8 Å². The van der Waals surface area contributed by atoms with E-state index in [2.05, 4.69) is 6.58 Å². The number of halogens is 1. The largest absolute Gasteiger partial charge is 0.251 e. The average Bonchev–Trinajstić information content (AvgIpc) is 2.19. The molecule has 0 N–H and O–H groups in total. The first-order valence-corrected chi connectivity index (χ1v) is 6.51. The molecule has 0 radical (unpaired) electrons. The maximum absolute atomic E-state index is 10.9. The molecule has 0 saturated heterocycles. The molecule has 0 fully saturated rings. The molecule has 0 bridgehead atoms. The van der Waals surface area contributed by atoms with Crippen molar-refractivity contribution in [1.82, 2.24) is 0 Å². The second kappa shape index (κ2) is 4.48. The van der Waals surface area contributed by atoms with Crippen LogP contribution in [0.1, 0.15) is 0 Å². The van der Waals surface area contributed by atoms with Gasteiger partial charge in [-0.3, -0.25) is 10.1 Å². The molecule has 0 spiro atoms. The molecule has 0 amide bonds. The van der Waals surface area contributed by atoms with Crippen LogP contribution in [0.15, 0.2) is 47.9 Å². The van der Waals surface area contributed by atoms with Gasteiger partial charge >= 0.3 is 0 Å². The van der Waals surface area contributed by atoms with Gasteiger partial charge in [0.25, 0.3) is 0 Å². The van der Waals surface area contributed by atoms with E-state index in [-0.39, 0.29) is 5.75 Å². The number of hydrogen-bond donors (Lipinski definition) is 0. The first-order chi connectivity index (χ1) is 6.61. The van der Waals surface area contributed by atoms with Gasteiger partial charge in [-0.05, 0) is 12.1 Å². The number of nitrogens with zero attached hydrogens (tertiary/aromatic N) is 1. The summed E-state index contributed by atoms with van der Waals surface area (Å²) in [5.74, 6) is 0.186. The van der Waals surface area contributed by atoms with E-state index in [4.69, 9.17) is 10.7 Å². The Bertz CT molecular complexity index is 344. The van der Waals surface area contributed by atoms with Crippen molar-refractivity contribution in [3.8, 4) is 0 Å². The third-order valence-corrected chi connectivity index (χ3v) is 5.07. The Morgan fingerprint density at radius 1 is 1.50 bits per heavy atom. The van der Waals surface area contributed by atoms with Crippen LogP contribution in [0, 0.1) is 10.1 Å². The van der Waals surface area contributed by atoms with Crippen molar-refractivity contribution >= 4 is 20.1 Å². The highest BCUT2D eigenvalue weighted by atomic mass is 35.7. The Kier molecular flexibility index (Phi) is 3.55. The van der Waals surface area contributed by atoms with Crippen molar-refractivity contribution in [2.24, 2.45) is 0 Å². The summed E-state index contributed by atoms with van der Waals surface area (Å²) < 4.78 is -0.411. The zero-order chi connectivity index (χ0) is 10.6. The van der Waals surface area contributed by atoms with Crippen molar-refractivity contribution in [1.29, 1.82) is 0 Å².